The molecule has 0 bridgehead atoms. The number of amides is 1. The third kappa shape index (κ3) is 4.21. The molecule has 0 aromatic heterocycles. The van der Waals surface area contributed by atoms with Crippen LogP contribution in [0.25, 0.3) is 0 Å². The number of hydrogen-bond acceptors (Lipinski definition) is 3. The second-order valence-corrected chi connectivity index (χ2v) is 5.71. The van der Waals surface area contributed by atoms with Crippen LogP contribution in [-0.2, 0) is 11.2 Å². The third-order valence-electron chi connectivity index (χ3n) is 4.25. The van der Waals surface area contributed by atoms with Gasteiger partial charge in [0.1, 0.15) is 5.75 Å². The average Bonchev–Trinajstić information content (AvgIpc) is 2.52. The number of aryl methyl sites for hydroxylation is 1. The van der Waals surface area contributed by atoms with E-state index in [0.29, 0.717) is 0 Å². The summed E-state index contributed by atoms with van der Waals surface area (Å²) in [4.78, 5) is 13.9. The van der Waals surface area contributed by atoms with Crippen LogP contribution in [0.3, 0.4) is 0 Å². The molecule has 4 heteroatoms. The molecule has 1 aliphatic carbocycles. The van der Waals surface area contributed by atoms with E-state index in [-0.39, 0.29) is 18.6 Å². The van der Waals surface area contributed by atoms with E-state index in [4.69, 9.17) is 4.74 Å². The van der Waals surface area contributed by atoms with Gasteiger partial charge in [0.25, 0.3) is 5.91 Å². The van der Waals surface area contributed by atoms with E-state index in [2.05, 4.69) is 6.92 Å². The van der Waals surface area contributed by atoms with E-state index < -0.39 is 6.10 Å². The molecule has 0 radical (unpaired) electrons. The van der Waals surface area contributed by atoms with E-state index in [9.17, 15) is 9.90 Å². The van der Waals surface area contributed by atoms with Crippen molar-refractivity contribution in [2.45, 2.75) is 51.2 Å². The predicted octanol–water partition coefficient (Wildman–Crippen LogP) is 2.39. The van der Waals surface area contributed by atoms with Crippen molar-refractivity contribution in [1.29, 1.82) is 0 Å². The molecule has 1 aromatic carbocycles. The van der Waals surface area contributed by atoms with Crippen LogP contribution in [0.4, 0.5) is 0 Å². The number of nitrogens with zero attached hydrogens (tertiary/aromatic N) is 1. The molecule has 1 N–H and O–H groups in total. The summed E-state index contributed by atoms with van der Waals surface area (Å²) < 4.78 is 5.58. The van der Waals surface area contributed by atoms with Crippen LogP contribution in [0, 0.1) is 0 Å². The first kappa shape index (κ1) is 15.8. The Morgan fingerprint density at radius 1 is 1.38 bits per heavy atom. The van der Waals surface area contributed by atoms with Crippen molar-refractivity contribution in [3.8, 4) is 5.75 Å². The van der Waals surface area contributed by atoms with Crippen molar-refractivity contribution in [2.75, 3.05) is 13.7 Å². The number of ether oxygens (including phenoxy) is 1. The van der Waals surface area contributed by atoms with Gasteiger partial charge in [-0.1, -0.05) is 31.9 Å². The minimum Gasteiger partial charge on any atom is -0.484 e. The van der Waals surface area contributed by atoms with Crippen LogP contribution in [0.15, 0.2) is 24.3 Å². The number of benzene rings is 1. The third-order valence-corrected chi connectivity index (χ3v) is 4.25. The predicted molar refractivity (Wildman–Crippen MR) is 82.3 cm³/mol. The summed E-state index contributed by atoms with van der Waals surface area (Å²) in [5.74, 6) is 0.642. The van der Waals surface area contributed by atoms with E-state index in [1.807, 2.05) is 24.3 Å². The summed E-state index contributed by atoms with van der Waals surface area (Å²) in [6.45, 7) is 2.11. The molecule has 2 rings (SSSR count). The smallest absolute Gasteiger partial charge is 0.260 e. The fourth-order valence-electron chi connectivity index (χ4n) is 2.83. The highest BCUT2D eigenvalue weighted by Crippen LogP contribution is 2.22. The molecule has 1 aromatic rings. The zero-order valence-electron chi connectivity index (χ0n) is 12.9. The summed E-state index contributed by atoms with van der Waals surface area (Å²) >= 11 is 0. The quantitative estimate of drug-likeness (QED) is 0.906. The van der Waals surface area contributed by atoms with Gasteiger partial charge in [-0.25, -0.2) is 0 Å². The fraction of sp³-hybridized carbons (Fsp3) is 0.588. The normalized spacial score (nSPS) is 21.9. The molecule has 0 saturated heterocycles. The number of rotatable bonds is 5. The molecule has 116 valence electrons. The topological polar surface area (TPSA) is 49.8 Å². The Labute approximate surface area is 126 Å². The highest BCUT2D eigenvalue weighted by atomic mass is 16.5. The molecule has 1 amide bonds. The van der Waals surface area contributed by atoms with Crippen LogP contribution < -0.4 is 4.74 Å². The van der Waals surface area contributed by atoms with E-state index in [1.54, 1.807) is 11.9 Å². The molecule has 21 heavy (non-hydrogen) atoms. The standard InChI is InChI=1S/C17H25NO3/c1-3-13-7-6-8-14(11-13)21-12-17(20)18(2)15-9-4-5-10-16(15)19/h6-8,11,15-16,19H,3-5,9-10,12H2,1-2H3. The second-order valence-electron chi connectivity index (χ2n) is 5.71. The minimum atomic E-state index is -0.406. The Balaban J connectivity index is 1.88. The molecule has 0 spiro atoms. The van der Waals surface area contributed by atoms with Gasteiger partial charge in [0.05, 0.1) is 12.1 Å². The maximum absolute atomic E-state index is 12.2. The molecule has 2 atom stereocenters. The SMILES string of the molecule is CCc1cccc(OCC(=O)N(C)C2CCCCC2O)c1. The summed E-state index contributed by atoms with van der Waals surface area (Å²) in [5, 5.41) is 10.0. The highest BCUT2D eigenvalue weighted by molar-refractivity contribution is 5.77. The molecular weight excluding hydrogens is 266 g/mol. The molecule has 0 aliphatic heterocycles. The Morgan fingerprint density at radius 2 is 2.14 bits per heavy atom. The van der Waals surface area contributed by atoms with Crippen LogP contribution in [-0.4, -0.2) is 41.7 Å². The second kappa shape index (κ2) is 7.46. The Bertz CT molecular complexity index is 475. The van der Waals surface area contributed by atoms with Crippen molar-refractivity contribution in [3.05, 3.63) is 29.8 Å². The fourth-order valence-corrected chi connectivity index (χ4v) is 2.83. The molecule has 1 aliphatic rings. The molecule has 2 unspecified atom stereocenters. The minimum absolute atomic E-state index is 0.0207. The molecular formula is C17H25NO3. The molecule has 1 fully saturated rings. The van der Waals surface area contributed by atoms with Gasteiger partial charge in [-0.2, -0.15) is 0 Å². The van der Waals surface area contributed by atoms with Gasteiger partial charge in [-0.3, -0.25) is 4.79 Å². The van der Waals surface area contributed by atoms with Gasteiger partial charge in [-0.15, -0.1) is 0 Å². The zero-order valence-corrected chi connectivity index (χ0v) is 12.9. The lowest BCUT2D eigenvalue weighted by Gasteiger charge is -2.35. The van der Waals surface area contributed by atoms with Crippen LogP contribution in [0.5, 0.6) is 5.75 Å². The highest BCUT2D eigenvalue weighted by Gasteiger charge is 2.29. The van der Waals surface area contributed by atoms with Crippen LogP contribution >= 0.6 is 0 Å². The van der Waals surface area contributed by atoms with Crippen molar-refractivity contribution in [3.63, 3.8) is 0 Å². The van der Waals surface area contributed by atoms with E-state index in [0.717, 1.165) is 37.9 Å². The Morgan fingerprint density at radius 3 is 2.86 bits per heavy atom. The van der Waals surface area contributed by atoms with Gasteiger partial charge in [0.15, 0.2) is 6.61 Å². The molecule has 1 saturated carbocycles. The van der Waals surface area contributed by atoms with E-state index in [1.165, 1.54) is 5.56 Å². The largest absolute Gasteiger partial charge is 0.484 e. The van der Waals surface area contributed by atoms with Crippen molar-refractivity contribution < 1.29 is 14.6 Å². The first-order chi connectivity index (χ1) is 10.1. The first-order valence-corrected chi connectivity index (χ1v) is 7.77. The number of carbonyl (C=O) groups excluding carboxylic acids is 1. The summed E-state index contributed by atoms with van der Waals surface area (Å²) in [6, 6.07) is 7.73. The van der Waals surface area contributed by atoms with Gasteiger partial charge in [0.2, 0.25) is 0 Å². The van der Waals surface area contributed by atoms with Gasteiger partial charge >= 0.3 is 0 Å². The van der Waals surface area contributed by atoms with Crippen molar-refractivity contribution >= 4 is 5.91 Å². The lowest BCUT2D eigenvalue weighted by atomic mass is 9.91. The lowest BCUT2D eigenvalue weighted by molar-refractivity contribution is -0.137. The summed E-state index contributed by atoms with van der Waals surface area (Å²) in [6.07, 6.45) is 4.30. The van der Waals surface area contributed by atoms with Crippen LogP contribution in [0.2, 0.25) is 0 Å². The summed E-state index contributed by atoms with van der Waals surface area (Å²) in [7, 11) is 1.76. The van der Waals surface area contributed by atoms with Crippen LogP contribution in [0.1, 0.15) is 38.2 Å². The number of aliphatic hydroxyl groups excluding tert-OH is 1. The van der Waals surface area contributed by atoms with Gasteiger partial charge < -0.3 is 14.7 Å². The molecule has 0 heterocycles. The first-order valence-electron chi connectivity index (χ1n) is 7.77. The van der Waals surface area contributed by atoms with Gasteiger partial charge in [-0.05, 0) is 37.0 Å². The van der Waals surface area contributed by atoms with E-state index >= 15 is 0 Å². The molecule has 4 nitrogen and oxygen atoms in total. The Hall–Kier alpha value is -1.55. The maximum atomic E-state index is 12.2. The summed E-state index contributed by atoms with van der Waals surface area (Å²) in [5.41, 5.74) is 1.19. The Kier molecular flexibility index (Phi) is 5.62. The zero-order chi connectivity index (χ0) is 15.2. The average molecular weight is 291 g/mol. The van der Waals surface area contributed by atoms with Crippen molar-refractivity contribution in [2.24, 2.45) is 0 Å². The van der Waals surface area contributed by atoms with Crippen molar-refractivity contribution in [1.82, 2.24) is 4.90 Å². The monoisotopic (exact) mass is 291 g/mol. The maximum Gasteiger partial charge on any atom is 0.260 e. The lowest BCUT2D eigenvalue weighted by Crippen LogP contribution is -2.47. The van der Waals surface area contributed by atoms with Gasteiger partial charge in [0, 0.05) is 7.05 Å². The number of aliphatic hydroxyl groups is 1. The number of likely N-dealkylation sites (N-methyl/N-ethyl adjacent to an activating group) is 1. The number of hydrogen-bond donors (Lipinski definition) is 1. The number of carbonyl (C=O) groups is 1.